The van der Waals surface area contributed by atoms with E-state index < -0.39 is 11.9 Å². The zero-order chi connectivity index (χ0) is 18.2. The lowest BCUT2D eigenvalue weighted by Gasteiger charge is -2.16. The molecule has 1 unspecified atom stereocenters. The molecule has 0 bridgehead atoms. The van der Waals surface area contributed by atoms with Gasteiger partial charge in [-0.05, 0) is 42.8 Å². The Balaban J connectivity index is 1.89. The topological polar surface area (TPSA) is 90.5 Å². The molecule has 0 saturated heterocycles. The van der Waals surface area contributed by atoms with Crippen LogP contribution in [-0.4, -0.2) is 30.0 Å². The number of aldehydes is 1. The number of hydrogen-bond donors (Lipinski definition) is 4. The van der Waals surface area contributed by atoms with Crippen molar-refractivity contribution in [3.63, 3.8) is 0 Å². The molecule has 0 aliphatic heterocycles. The number of hydroxylamine groups is 1. The number of nitrogens with one attached hydrogen (secondary N) is 3. The molecule has 0 aromatic heterocycles. The highest BCUT2D eigenvalue weighted by Crippen LogP contribution is 2.29. The van der Waals surface area contributed by atoms with E-state index in [0.717, 1.165) is 6.29 Å². The molecule has 0 radical (unpaired) electrons. The highest BCUT2D eigenvalue weighted by molar-refractivity contribution is 6.43. The van der Waals surface area contributed by atoms with Gasteiger partial charge < -0.3 is 15.4 Å². The normalized spacial score (nSPS) is 11.5. The molecular formula is C17H17Cl2N3O3. The van der Waals surface area contributed by atoms with Crippen LogP contribution in [0.25, 0.3) is 0 Å². The van der Waals surface area contributed by atoms with Crippen LogP contribution < -0.4 is 16.1 Å². The Morgan fingerprint density at radius 3 is 2.52 bits per heavy atom. The summed E-state index contributed by atoms with van der Waals surface area (Å²) < 4.78 is 0. The maximum absolute atomic E-state index is 11.3. The van der Waals surface area contributed by atoms with Crippen LogP contribution in [0.2, 0.25) is 10.0 Å². The number of carbonyl (C=O) groups is 2. The first-order chi connectivity index (χ1) is 12.0. The summed E-state index contributed by atoms with van der Waals surface area (Å²) in [7, 11) is 0. The zero-order valence-corrected chi connectivity index (χ0v) is 14.6. The fourth-order valence-corrected chi connectivity index (χ4v) is 2.54. The number of carbonyl (C=O) groups excluding carboxylic acids is 2. The van der Waals surface area contributed by atoms with Crippen LogP contribution >= 0.6 is 23.2 Å². The molecule has 4 N–H and O–H groups in total. The Hall–Kier alpha value is -2.28. The van der Waals surface area contributed by atoms with Crippen molar-refractivity contribution < 1.29 is 14.8 Å². The first-order valence-electron chi connectivity index (χ1n) is 7.49. The largest absolute Gasteiger partial charge is 0.384 e. The van der Waals surface area contributed by atoms with E-state index in [4.69, 9.17) is 28.4 Å². The lowest BCUT2D eigenvalue weighted by molar-refractivity contribution is -0.108. The molecule has 0 aliphatic rings. The van der Waals surface area contributed by atoms with Crippen molar-refractivity contribution in [1.29, 1.82) is 0 Å². The van der Waals surface area contributed by atoms with Gasteiger partial charge in [0.05, 0.1) is 21.8 Å². The summed E-state index contributed by atoms with van der Waals surface area (Å²) in [5.41, 5.74) is 3.27. The lowest BCUT2D eigenvalue weighted by atomic mass is 10.1. The molecule has 0 fully saturated rings. The summed E-state index contributed by atoms with van der Waals surface area (Å²) in [5, 5.41) is 15.7. The monoisotopic (exact) mass is 381 g/mol. The number of benzene rings is 2. The minimum Gasteiger partial charge on any atom is -0.384 e. The molecule has 1 amide bonds. The van der Waals surface area contributed by atoms with Crippen LogP contribution in [0.1, 0.15) is 16.8 Å². The van der Waals surface area contributed by atoms with E-state index in [1.165, 1.54) is 0 Å². The Morgan fingerprint density at radius 2 is 1.88 bits per heavy atom. The van der Waals surface area contributed by atoms with Crippen LogP contribution in [0.5, 0.6) is 0 Å². The van der Waals surface area contributed by atoms with E-state index in [9.17, 15) is 9.59 Å². The van der Waals surface area contributed by atoms with Gasteiger partial charge in [-0.3, -0.25) is 10.0 Å². The Morgan fingerprint density at radius 1 is 1.16 bits per heavy atom. The van der Waals surface area contributed by atoms with Crippen molar-refractivity contribution in [2.75, 3.05) is 17.2 Å². The summed E-state index contributed by atoms with van der Waals surface area (Å²) in [6.07, 6.45) is 1.33. The third-order valence-corrected chi connectivity index (χ3v) is 4.31. The molecule has 132 valence electrons. The summed E-state index contributed by atoms with van der Waals surface area (Å²) in [5.74, 6) is -0.596. The molecule has 2 aromatic carbocycles. The van der Waals surface area contributed by atoms with Gasteiger partial charge in [-0.1, -0.05) is 29.3 Å². The maximum Gasteiger partial charge on any atom is 0.274 e. The maximum atomic E-state index is 11.3. The molecule has 0 aliphatic carbocycles. The van der Waals surface area contributed by atoms with E-state index in [0.29, 0.717) is 39.9 Å². The number of amides is 1. The summed E-state index contributed by atoms with van der Waals surface area (Å²) in [6, 6.07) is 11.3. The number of anilines is 2. The second kappa shape index (κ2) is 9.27. The molecular weight excluding hydrogens is 365 g/mol. The Labute approximate surface area is 155 Å². The average molecular weight is 382 g/mol. The van der Waals surface area contributed by atoms with Gasteiger partial charge in [0.1, 0.15) is 6.29 Å². The molecule has 0 saturated carbocycles. The number of halogens is 2. The van der Waals surface area contributed by atoms with Gasteiger partial charge in [0.2, 0.25) is 0 Å². The van der Waals surface area contributed by atoms with E-state index in [-0.39, 0.29) is 0 Å². The third kappa shape index (κ3) is 5.35. The van der Waals surface area contributed by atoms with Crippen LogP contribution in [0, 0.1) is 0 Å². The van der Waals surface area contributed by atoms with Crippen LogP contribution in [-0.2, 0) is 4.79 Å². The second-order valence-corrected chi connectivity index (χ2v) is 6.01. The minimum absolute atomic E-state index is 0.313. The molecule has 6 nitrogen and oxygen atoms in total. The number of hydrogen-bond acceptors (Lipinski definition) is 5. The van der Waals surface area contributed by atoms with Crippen molar-refractivity contribution in [3.05, 3.63) is 58.1 Å². The summed E-state index contributed by atoms with van der Waals surface area (Å²) in [4.78, 5) is 22.5. The van der Waals surface area contributed by atoms with Crippen molar-refractivity contribution in [2.24, 2.45) is 0 Å². The molecule has 2 rings (SSSR count). The van der Waals surface area contributed by atoms with Gasteiger partial charge in [0, 0.05) is 17.8 Å². The first-order valence-corrected chi connectivity index (χ1v) is 8.25. The van der Waals surface area contributed by atoms with Gasteiger partial charge in [0.25, 0.3) is 5.91 Å². The first kappa shape index (κ1) is 19.1. The summed E-state index contributed by atoms with van der Waals surface area (Å²) in [6.45, 7) is 0.515. The van der Waals surface area contributed by atoms with Crippen molar-refractivity contribution in [1.82, 2.24) is 5.48 Å². The molecule has 2 aromatic rings. The average Bonchev–Trinajstić information content (AvgIpc) is 2.64. The SMILES string of the molecule is O=CC(CCNc1cccc(Cl)c1Cl)Nc1ccc(C(=O)NO)cc1. The molecule has 0 heterocycles. The predicted molar refractivity (Wildman–Crippen MR) is 98.7 cm³/mol. The third-order valence-electron chi connectivity index (χ3n) is 3.49. The van der Waals surface area contributed by atoms with Gasteiger partial charge in [-0.15, -0.1) is 0 Å². The Kier molecular flexibility index (Phi) is 7.06. The minimum atomic E-state index is -0.596. The van der Waals surface area contributed by atoms with E-state index >= 15 is 0 Å². The standard InChI is InChI=1S/C17H17Cl2N3O3/c18-14-2-1-3-15(16(14)19)20-9-8-13(10-23)21-12-6-4-11(5-7-12)17(24)22-25/h1-7,10,13,20-21,25H,8-9H2,(H,22,24). The van der Waals surface area contributed by atoms with Crippen molar-refractivity contribution >= 4 is 46.8 Å². The molecule has 8 heteroatoms. The highest BCUT2D eigenvalue weighted by atomic mass is 35.5. The summed E-state index contributed by atoms with van der Waals surface area (Å²) >= 11 is 12.0. The fraction of sp³-hybridized carbons (Fsp3) is 0.176. The van der Waals surface area contributed by atoms with Gasteiger partial charge >= 0.3 is 0 Å². The molecule has 1 atom stereocenters. The fourth-order valence-electron chi connectivity index (χ4n) is 2.17. The van der Waals surface area contributed by atoms with E-state index in [2.05, 4.69) is 10.6 Å². The van der Waals surface area contributed by atoms with Crippen LogP contribution in [0.15, 0.2) is 42.5 Å². The van der Waals surface area contributed by atoms with Gasteiger partial charge in [-0.2, -0.15) is 0 Å². The van der Waals surface area contributed by atoms with Crippen LogP contribution in [0.4, 0.5) is 11.4 Å². The quantitative estimate of drug-likeness (QED) is 0.318. The molecule has 0 spiro atoms. The number of rotatable bonds is 8. The van der Waals surface area contributed by atoms with Crippen molar-refractivity contribution in [2.45, 2.75) is 12.5 Å². The molecule has 25 heavy (non-hydrogen) atoms. The van der Waals surface area contributed by atoms with Gasteiger partial charge in [0.15, 0.2) is 0 Å². The highest BCUT2D eigenvalue weighted by Gasteiger charge is 2.09. The van der Waals surface area contributed by atoms with Crippen LogP contribution in [0.3, 0.4) is 0 Å². The Bertz CT molecular complexity index is 738. The van der Waals surface area contributed by atoms with Crippen molar-refractivity contribution in [3.8, 4) is 0 Å². The smallest absolute Gasteiger partial charge is 0.274 e. The van der Waals surface area contributed by atoms with E-state index in [1.54, 1.807) is 41.9 Å². The zero-order valence-electron chi connectivity index (χ0n) is 13.1. The van der Waals surface area contributed by atoms with Gasteiger partial charge in [-0.25, -0.2) is 5.48 Å². The lowest BCUT2D eigenvalue weighted by Crippen LogP contribution is -2.24. The van der Waals surface area contributed by atoms with E-state index in [1.807, 2.05) is 6.07 Å². The predicted octanol–water partition coefficient (Wildman–Crippen LogP) is 3.59. The second-order valence-electron chi connectivity index (χ2n) is 5.22.